The van der Waals surface area contributed by atoms with E-state index < -0.39 is 0 Å². The molecule has 0 spiro atoms. The van der Waals surface area contributed by atoms with Crippen molar-refractivity contribution >= 4 is 33.7 Å². The molecule has 96 valence electrons. The Hall–Kier alpha value is -2.06. The summed E-state index contributed by atoms with van der Waals surface area (Å²) < 4.78 is 2.21. The fraction of sp³-hybridized carbons (Fsp3) is 0.0588. The number of allylic oxidation sites excluding steroid dienone is 3. The van der Waals surface area contributed by atoms with E-state index in [2.05, 4.69) is 25.3 Å². The molecule has 1 aromatic carbocycles. The summed E-state index contributed by atoms with van der Waals surface area (Å²) in [4.78, 5) is 0. The maximum absolute atomic E-state index is 6.34. The zero-order valence-corrected chi connectivity index (χ0v) is 11.8. The molecule has 1 nitrogen and oxygen atoms in total. The van der Waals surface area contributed by atoms with Gasteiger partial charge in [0.25, 0.3) is 0 Å². The Morgan fingerprint density at radius 3 is 2.74 bits per heavy atom. The second-order valence-electron chi connectivity index (χ2n) is 4.17. The van der Waals surface area contributed by atoms with Crippen LogP contribution in [0.25, 0.3) is 22.4 Å². The molecular formula is C17H17NS. The zero-order chi connectivity index (χ0) is 13.8. The SMILES string of the molecule is C=C/C=C(\C=C/C)C(/N)=c1/c(=C)sc2ccccc12. The fourth-order valence-electron chi connectivity index (χ4n) is 2.08. The molecule has 0 aliphatic carbocycles. The van der Waals surface area contributed by atoms with Gasteiger partial charge in [0, 0.05) is 25.5 Å². The molecular weight excluding hydrogens is 250 g/mol. The number of fused-ring (bicyclic) bond motifs is 1. The van der Waals surface area contributed by atoms with Crippen LogP contribution in [0.3, 0.4) is 0 Å². The third-order valence-electron chi connectivity index (χ3n) is 2.89. The van der Waals surface area contributed by atoms with Gasteiger partial charge in [-0.2, -0.15) is 0 Å². The van der Waals surface area contributed by atoms with E-state index in [1.165, 1.54) is 4.70 Å². The fourth-order valence-corrected chi connectivity index (χ4v) is 3.09. The number of hydrogen-bond donors (Lipinski definition) is 1. The van der Waals surface area contributed by atoms with Gasteiger partial charge in [-0.15, -0.1) is 11.3 Å². The van der Waals surface area contributed by atoms with Crippen molar-refractivity contribution in [3.05, 3.63) is 70.5 Å². The maximum atomic E-state index is 6.34. The van der Waals surface area contributed by atoms with Crippen LogP contribution in [0.1, 0.15) is 6.92 Å². The second-order valence-corrected chi connectivity index (χ2v) is 5.30. The summed E-state index contributed by atoms with van der Waals surface area (Å²) in [5.41, 5.74) is 8.05. The summed E-state index contributed by atoms with van der Waals surface area (Å²) in [6, 6.07) is 8.24. The van der Waals surface area contributed by atoms with Crippen LogP contribution in [0.15, 0.2) is 60.7 Å². The van der Waals surface area contributed by atoms with E-state index in [1.54, 1.807) is 17.4 Å². The molecule has 0 bridgehead atoms. The molecule has 0 amide bonds. The Balaban J connectivity index is 2.88. The summed E-state index contributed by atoms with van der Waals surface area (Å²) in [6.45, 7) is 9.83. The third-order valence-corrected chi connectivity index (χ3v) is 3.92. The lowest BCUT2D eigenvalue weighted by Gasteiger charge is -2.01. The lowest BCUT2D eigenvalue weighted by atomic mass is 10.1. The highest BCUT2D eigenvalue weighted by molar-refractivity contribution is 7.17. The van der Waals surface area contributed by atoms with Crippen molar-refractivity contribution in [2.75, 3.05) is 0 Å². The van der Waals surface area contributed by atoms with E-state index >= 15 is 0 Å². The molecule has 1 heterocycles. The van der Waals surface area contributed by atoms with Gasteiger partial charge in [-0.25, -0.2) is 0 Å². The minimum Gasteiger partial charge on any atom is -0.398 e. The number of benzene rings is 1. The number of thiophene rings is 1. The predicted molar refractivity (Wildman–Crippen MR) is 87.3 cm³/mol. The van der Waals surface area contributed by atoms with Crippen LogP contribution in [-0.2, 0) is 0 Å². The molecule has 0 aliphatic rings. The number of hydrogen-bond acceptors (Lipinski definition) is 2. The molecule has 19 heavy (non-hydrogen) atoms. The van der Waals surface area contributed by atoms with Crippen molar-refractivity contribution in [3.63, 3.8) is 0 Å². The normalized spacial score (nSPS) is 14.1. The number of rotatable bonds is 3. The van der Waals surface area contributed by atoms with E-state index in [9.17, 15) is 0 Å². The monoisotopic (exact) mass is 267 g/mol. The largest absolute Gasteiger partial charge is 0.398 e. The Bertz CT molecular complexity index is 775. The summed E-state index contributed by atoms with van der Waals surface area (Å²) >= 11 is 1.67. The van der Waals surface area contributed by atoms with Crippen molar-refractivity contribution in [1.82, 2.24) is 0 Å². The smallest absolute Gasteiger partial charge is 0.0481 e. The van der Waals surface area contributed by atoms with E-state index in [0.717, 1.165) is 26.4 Å². The van der Waals surface area contributed by atoms with Crippen molar-refractivity contribution in [3.8, 4) is 0 Å². The van der Waals surface area contributed by atoms with Crippen LogP contribution in [0.4, 0.5) is 0 Å². The van der Waals surface area contributed by atoms with Crippen LogP contribution < -0.4 is 15.5 Å². The zero-order valence-electron chi connectivity index (χ0n) is 11.0. The average molecular weight is 267 g/mol. The highest BCUT2D eigenvalue weighted by Crippen LogP contribution is 2.14. The maximum Gasteiger partial charge on any atom is 0.0481 e. The first-order chi connectivity index (χ1) is 9.19. The first-order valence-corrected chi connectivity index (χ1v) is 6.92. The highest BCUT2D eigenvalue weighted by Gasteiger charge is 2.05. The molecule has 0 unspecified atom stereocenters. The standard InChI is InChI=1S/C17H17NS/c1-4-8-13(9-5-2)17(18)16-12(3)19-15-11-7-6-10-14(15)16/h4-11H,1,3,18H2,2H3/b9-5-,13-8+,17-16+. The molecule has 0 saturated carbocycles. The summed E-state index contributed by atoms with van der Waals surface area (Å²) in [5.74, 6) is 0. The topological polar surface area (TPSA) is 26.0 Å². The third kappa shape index (κ3) is 2.54. The molecule has 0 radical (unpaired) electrons. The van der Waals surface area contributed by atoms with Gasteiger partial charge < -0.3 is 5.73 Å². The first kappa shape index (κ1) is 13.4. The Morgan fingerprint density at radius 1 is 1.32 bits per heavy atom. The van der Waals surface area contributed by atoms with Crippen LogP contribution in [0.5, 0.6) is 0 Å². The van der Waals surface area contributed by atoms with Crippen LogP contribution in [0.2, 0.25) is 0 Å². The van der Waals surface area contributed by atoms with Gasteiger partial charge in [-0.05, 0) is 18.6 Å². The predicted octanol–water partition coefficient (Wildman–Crippen LogP) is 3.07. The van der Waals surface area contributed by atoms with Crippen LogP contribution in [-0.4, -0.2) is 0 Å². The molecule has 0 fully saturated rings. The van der Waals surface area contributed by atoms with Crippen molar-refractivity contribution in [1.29, 1.82) is 0 Å². The molecule has 2 rings (SSSR count). The van der Waals surface area contributed by atoms with Gasteiger partial charge in [0.05, 0.1) is 0 Å². The summed E-state index contributed by atoms with van der Waals surface area (Å²) in [5, 5.41) is 2.20. The Labute approximate surface area is 117 Å². The van der Waals surface area contributed by atoms with E-state index in [1.807, 2.05) is 37.3 Å². The van der Waals surface area contributed by atoms with Gasteiger partial charge >= 0.3 is 0 Å². The second kappa shape index (κ2) is 5.72. The van der Waals surface area contributed by atoms with Gasteiger partial charge in [0.2, 0.25) is 0 Å². The molecule has 0 atom stereocenters. The summed E-state index contributed by atoms with van der Waals surface area (Å²) in [7, 11) is 0. The van der Waals surface area contributed by atoms with Gasteiger partial charge in [-0.1, -0.05) is 55.7 Å². The van der Waals surface area contributed by atoms with E-state index in [-0.39, 0.29) is 0 Å². The van der Waals surface area contributed by atoms with Gasteiger partial charge in [0.15, 0.2) is 0 Å². The quantitative estimate of drug-likeness (QED) is 0.850. The molecule has 0 saturated heterocycles. The average Bonchev–Trinajstić information content (AvgIpc) is 2.73. The van der Waals surface area contributed by atoms with Crippen LogP contribution >= 0.6 is 11.3 Å². The van der Waals surface area contributed by atoms with E-state index in [4.69, 9.17) is 5.73 Å². The summed E-state index contributed by atoms with van der Waals surface area (Å²) in [6.07, 6.45) is 7.63. The highest BCUT2D eigenvalue weighted by atomic mass is 32.1. The Kier molecular flexibility index (Phi) is 4.03. The van der Waals surface area contributed by atoms with Gasteiger partial charge in [-0.3, -0.25) is 0 Å². The molecule has 0 aliphatic heterocycles. The molecule has 2 N–H and O–H groups in total. The lowest BCUT2D eigenvalue weighted by molar-refractivity contribution is 1.48. The Morgan fingerprint density at radius 2 is 2.05 bits per heavy atom. The molecule has 2 heteroatoms. The molecule has 2 aromatic rings. The van der Waals surface area contributed by atoms with Gasteiger partial charge in [0.1, 0.15) is 0 Å². The minimum absolute atomic E-state index is 0.750. The lowest BCUT2D eigenvalue weighted by Crippen LogP contribution is -2.25. The van der Waals surface area contributed by atoms with Crippen LogP contribution in [0, 0.1) is 0 Å². The number of nitrogens with two attached hydrogens (primary N) is 1. The minimum atomic E-state index is 0.750. The molecule has 1 aromatic heterocycles. The van der Waals surface area contributed by atoms with Crippen molar-refractivity contribution in [2.45, 2.75) is 6.92 Å². The van der Waals surface area contributed by atoms with Crippen molar-refractivity contribution in [2.24, 2.45) is 5.73 Å². The van der Waals surface area contributed by atoms with Crippen molar-refractivity contribution < 1.29 is 0 Å². The first-order valence-electron chi connectivity index (χ1n) is 6.11. The van der Waals surface area contributed by atoms with E-state index in [0.29, 0.717) is 0 Å².